The van der Waals surface area contributed by atoms with E-state index < -0.39 is 0 Å². The van der Waals surface area contributed by atoms with Crippen molar-refractivity contribution in [2.45, 2.75) is 25.3 Å². The van der Waals surface area contributed by atoms with Gasteiger partial charge in [-0.05, 0) is 42.5 Å². The molecule has 1 aromatic carbocycles. The Kier molecular flexibility index (Phi) is 8.33. The highest BCUT2D eigenvalue weighted by Gasteiger charge is 2.34. The lowest BCUT2D eigenvalue weighted by atomic mass is 9.76. The summed E-state index contributed by atoms with van der Waals surface area (Å²) in [7, 11) is 0. The quantitative estimate of drug-likeness (QED) is 0.769. The van der Waals surface area contributed by atoms with E-state index in [2.05, 4.69) is 32.2 Å². The summed E-state index contributed by atoms with van der Waals surface area (Å²) in [6.45, 7) is 4.44. The smallest absolute Gasteiger partial charge is 0.0454 e. The highest BCUT2D eigenvalue weighted by atomic mass is 79.9. The van der Waals surface area contributed by atoms with Crippen molar-refractivity contribution in [1.29, 1.82) is 0 Å². The molecule has 120 valence electrons. The molecule has 21 heavy (non-hydrogen) atoms. The SMILES string of the molecule is Cl.Cl.Clc1ccc(Br)cc1[C@@H](C1CCC1)N1CCNCC1. The van der Waals surface area contributed by atoms with Crippen molar-refractivity contribution in [3.8, 4) is 0 Å². The second-order valence-electron chi connectivity index (χ2n) is 5.59. The molecule has 1 aromatic rings. The monoisotopic (exact) mass is 414 g/mol. The van der Waals surface area contributed by atoms with Gasteiger partial charge in [-0.3, -0.25) is 4.90 Å². The molecular weight excluding hydrogens is 394 g/mol. The molecule has 3 rings (SSSR count). The molecule has 0 radical (unpaired) electrons. The van der Waals surface area contributed by atoms with Crippen LogP contribution in [0, 0.1) is 5.92 Å². The topological polar surface area (TPSA) is 15.3 Å². The van der Waals surface area contributed by atoms with Crippen LogP contribution in [-0.4, -0.2) is 31.1 Å². The molecule has 1 saturated carbocycles. The highest BCUT2D eigenvalue weighted by molar-refractivity contribution is 9.10. The van der Waals surface area contributed by atoms with Gasteiger partial charge in [-0.15, -0.1) is 24.8 Å². The van der Waals surface area contributed by atoms with Gasteiger partial charge in [0.2, 0.25) is 0 Å². The number of halogens is 4. The van der Waals surface area contributed by atoms with Gasteiger partial charge < -0.3 is 5.32 Å². The van der Waals surface area contributed by atoms with Crippen LogP contribution in [0.4, 0.5) is 0 Å². The Labute approximate surface area is 152 Å². The van der Waals surface area contributed by atoms with Crippen LogP contribution in [-0.2, 0) is 0 Å². The van der Waals surface area contributed by atoms with Gasteiger partial charge in [-0.25, -0.2) is 0 Å². The minimum absolute atomic E-state index is 0. The third-order valence-electron chi connectivity index (χ3n) is 4.42. The van der Waals surface area contributed by atoms with Gasteiger partial charge in [0.15, 0.2) is 0 Å². The van der Waals surface area contributed by atoms with E-state index in [0.717, 1.165) is 41.6 Å². The van der Waals surface area contributed by atoms with E-state index in [4.69, 9.17) is 11.6 Å². The van der Waals surface area contributed by atoms with Crippen molar-refractivity contribution in [2.75, 3.05) is 26.2 Å². The average molecular weight is 417 g/mol. The Balaban J connectivity index is 0.00000110. The van der Waals surface area contributed by atoms with Gasteiger partial charge in [-0.2, -0.15) is 0 Å². The van der Waals surface area contributed by atoms with Crippen LogP contribution >= 0.6 is 52.3 Å². The first-order valence-corrected chi connectivity index (χ1v) is 8.32. The second-order valence-corrected chi connectivity index (χ2v) is 6.91. The molecule has 6 heteroatoms. The summed E-state index contributed by atoms with van der Waals surface area (Å²) in [5.74, 6) is 0.782. The molecule has 0 aromatic heterocycles. The Morgan fingerprint density at radius 1 is 1.19 bits per heavy atom. The number of nitrogens with one attached hydrogen (secondary N) is 1. The zero-order valence-electron chi connectivity index (χ0n) is 11.9. The number of rotatable bonds is 3. The lowest BCUT2D eigenvalue weighted by molar-refractivity contribution is 0.0837. The number of nitrogens with zero attached hydrogens (tertiary/aromatic N) is 1. The van der Waals surface area contributed by atoms with E-state index >= 15 is 0 Å². The van der Waals surface area contributed by atoms with E-state index in [9.17, 15) is 0 Å². The minimum Gasteiger partial charge on any atom is -0.314 e. The molecule has 0 unspecified atom stereocenters. The summed E-state index contributed by atoms with van der Waals surface area (Å²) < 4.78 is 1.13. The Hall–Kier alpha value is 0.490. The third kappa shape index (κ3) is 4.49. The van der Waals surface area contributed by atoms with Crippen LogP contribution in [0.15, 0.2) is 22.7 Å². The predicted octanol–water partition coefficient (Wildman–Crippen LogP) is 4.69. The molecule has 1 saturated heterocycles. The highest BCUT2D eigenvalue weighted by Crippen LogP contribution is 2.44. The zero-order valence-corrected chi connectivity index (χ0v) is 15.8. The maximum atomic E-state index is 6.47. The van der Waals surface area contributed by atoms with Crippen LogP contribution in [0.25, 0.3) is 0 Å². The largest absolute Gasteiger partial charge is 0.314 e. The van der Waals surface area contributed by atoms with Gasteiger partial charge in [-0.1, -0.05) is 34.0 Å². The van der Waals surface area contributed by atoms with Gasteiger partial charge in [0.05, 0.1) is 0 Å². The molecule has 2 nitrogen and oxygen atoms in total. The second kappa shape index (κ2) is 8.95. The Morgan fingerprint density at radius 3 is 2.43 bits per heavy atom. The molecule has 0 spiro atoms. The first-order valence-electron chi connectivity index (χ1n) is 7.15. The fraction of sp³-hybridized carbons (Fsp3) is 0.600. The lowest BCUT2D eigenvalue weighted by Crippen LogP contribution is -2.47. The first-order chi connectivity index (χ1) is 9.25. The van der Waals surface area contributed by atoms with Crippen LogP contribution in [0.5, 0.6) is 0 Å². The standard InChI is InChI=1S/C15H20BrClN2.2ClH/c16-12-4-5-14(17)13(10-12)15(11-2-1-3-11)19-8-6-18-7-9-19;;/h4-5,10-11,15,18H,1-3,6-9H2;2*1H/t15-;;/m1../s1. The zero-order chi connectivity index (χ0) is 13.2. The maximum absolute atomic E-state index is 6.47. The number of hydrogen-bond donors (Lipinski definition) is 1. The average Bonchev–Trinajstić information content (AvgIpc) is 2.38. The van der Waals surface area contributed by atoms with Crippen molar-refractivity contribution >= 4 is 52.3 Å². The molecule has 1 N–H and O–H groups in total. The molecule has 0 amide bonds. The number of piperazine rings is 1. The first kappa shape index (κ1) is 19.5. The van der Waals surface area contributed by atoms with Crippen LogP contribution in [0.2, 0.25) is 5.02 Å². The minimum atomic E-state index is 0. The Morgan fingerprint density at radius 2 is 1.86 bits per heavy atom. The van der Waals surface area contributed by atoms with Crippen molar-refractivity contribution in [1.82, 2.24) is 10.2 Å². The van der Waals surface area contributed by atoms with E-state index in [1.165, 1.54) is 24.8 Å². The van der Waals surface area contributed by atoms with Gasteiger partial charge in [0.1, 0.15) is 0 Å². The molecular formula is C15H22BrCl3N2. The fourth-order valence-electron chi connectivity index (χ4n) is 3.21. The maximum Gasteiger partial charge on any atom is 0.0454 e. The summed E-state index contributed by atoms with van der Waals surface area (Å²) >= 11 is 10.1. The predicted molar refractivity (Wildman–Crippen MR) is 98.2 cm³/mol. The molecule has 1 aliphatic carbocycles. The van der Waals surface area contributed by atoms with Crippen LogP contribution < -0.4 is 5.32 Å². The third-order valence-corrected chi connectivity index (χ3v) is 5.26. The number of benzene rings is 1. The molecule has 1 aliphatic heterocycles. The summed E-state index contributed by atoms with van der Waals surface area (Å²) in [6.07, 6.45) is 4.06. The van der Waals surface area contributed by atoms with E-state index in [1.807, 2.05) is 12.1 Å². The normalized spacial score (nSPS) is 20.9. The van der Waals surface area contributed by atoms with Crippen molar-refractivity contribution in [3.63, 3.8) is 0 Å². The van der Waals surface area contributed by atoms with Crippen molar-refractivity contribution in [3.05, 3.63) is 33.3 Å². The van der Waals surface area contributed by atoms with E-state index in [-0.39, 0.29) is 24.8 Å². The molecule has 1 atom stereocenters. The Bertz CT molecular complexity index is 449. The lowest BCUT2D eigenvalue weighted by Gasteiger charge is -2.43. The van der Waals surface area contributed by atoms with Gasteiger partial charge >= 0.3 is 0 Å². The molecule has 2 aliphatic rings. The number of hydrogen-bond acceptors (Lipinski definition) is 2. The summed E-state index contributed by atoms with van der Waals surface area (Å²) in [6, 6.07) is 6.77. The molecule has 1 heterocycles. The van der Waals surface area contributed by atoms with Crippen molar-refractivity contribution < 1.29 is 0 Å². The summed E-state index contributed by atoms with van der Waals surface area (Å²) in [5, 5.41) is 4.35. The van der Waals surface area contributed by atoms with Gasteiger partial charge in [0.25, 0.3) is 0 Å². The van der Waals surface area contributed by atoms with Crippen LogP contribution in [0.1, 0.15) is 30.9 Å². The van der Waals surface area contributed by atoms with Crippen molar-refractivity contribution in [2.24, 2.45) is 5.92 Å². The molecule has 2 fully saturated rings. The van der Waals surface area contributed by atoms with Crippen LogP contribution in [0.3, 0.4) is 0 Å². The van der Waals surface area contributed by atoms with Gasteiger partial charge in [0, 0.05) is 41.7 Å². The summed E-state index contributed by atoms with van der Waals surface area (Å²) in [4.78, 5) is 2.62. The summed E-state index contributed by atoms with van der Waals surface area (Å²) in [5.41, 5.74) is 1.31. The van der Waals surface area contributed by atoms with E-state index in [1.54, 1.807) is 0 Å². The van der Waals surface area contributed by atoms with E-state index in [0.29, 0.717) is 6.04 Å². The fourth-order valence-corrected chi connectivity index (χ4v) is 3.81. The molecule has 0 bridgehead atoms.